The van der Waals surface area contributed by atoms with Gasteiger partial charge in [0, 0.05) is 24.1 Å². The average molecular weight is 516 g/mol. The highest BCUT2D eigenvalue weighted by atomic mass is 31.1. The Labute approximate surface area is 229 Å². The molecule has 0 N–H and O–H groups in total. The number of nitrogens with zero attached hydrogens (tertiary/aromatic N) is 1. The fourth-order valence-corrected chi connectivity index (χ4v) is 10.9. The zero-order valence-corrected chi connectivity index (χ0v) is 24.4. The van der Waals surface area contributed by atoms with E-state index >= 15 is 0 Å². The third-order valence-electron chi connectivity index (χ3n) is 7.81. The van der Waals surface area contributed by atoms with Gasteiger partial charge in [-0.05, 0) is 60.2 Å². The summed E-state index contributed by atoms with van der Waals surface area (Å²) in [5.74, 6) is 0. The molecule has 0 saturated carbocycles. The first kappa shape index (κ1) is 25.1. The lowest BCUT2D eigenvalue weighted by Gasteiger charge is -2.43. The maximum Gasteiger partial charge on any atom is 0.0450 e. The predicted octanol–water partition coefficient (Wildman–Crippen LogP) is 9.88. The summed E-state index contributed by atoms with van der Waals surface area (Å²) in [6.45, 7) is 16.3. The molecule has 1 nitrogen and oxygen atoms in total. The number of rotatable bonds is 2. The second-order valence-electron chi connectivity index (χ2n) is 12.7. The van der Waals surface area contributed by atoms with Gasteiger partial charge in [0.25, 0.3) is 0 Å². The van der Waals surface area contributed by atoms with Crippen LogP contribution < -0.4 is 10.2 Å². The van der Waals surface area contributed by atoms with E-state index in [1.807, 2.05) is 0 Å². The van der Waals surface area contributed by atoms with Gasteiger partial charge in [-0.3, -0.25) is 0 Å². The van der Waals surface area contributed by atoms with Crippen molar-refractivity contribution in [3.63, 3.8) is 0 Å². The van der Waals surface area contributed by atoms with E-state index in [1.54, 1.807) is 0 Å². The van der Waals surface area contributed by atoms with Crippen molar-refractivity contribution in [3.05, 3.63) is 108 Å². The number of anilines is 1. The van der Waals surface area contributed by atoms with E-state index in [9.17, 15) is 0 Å². The van der Waals surface area contributed by atoms with Crippen LogP contribution in [0.3, 0.4) is 0 Å². The summed E-state index contributed by atoms with van der Waals surface area (Å²) in [7, 11) is -0.425. The van der Waals surface area contributed by atoms with Crippen molar-refractivity contribution < 1.29 is 0 Å². The molecule has 0 radical (unpaired) electrons. The molecule has 0 atom stereocenters. The maximum atomic E-state index is 2.65. The Morgan fingerprint density at radius 2 is 0.974 bits per heavy atom. The van der Waals surface area contributed by atoms with Crippen molar-refractivity contribution in [2.75, 3.05) is 4.90 Å². The third-order valence-corrected chi connectivity index (χ3v) is 11.4. The molecule has 2 heteroatoms. The topological polar surface area (TPSA) is 3.24 Å². The highest BCUT2D eigenvalue weighted by molar-refractivity contribution is 7.68. The minimum absolute atomic E-state index is 0.206. The van der Waals surface area contributed by atoms with Gasteiger partial charge < -0.3 is 4.90 Å². The highest BCUT2D eigenvalue weighted by Gasteiger charge is 2.38. The van der Waals surface area contributed by atoms with E-state index in [0.29, 0.717) is 0 Å². The Balaban J connectivity index is 1.62. The second kappa shape index (κ2) is 9.25. The lowest BCUT2D eigenvalue weighted by molar-refractivity contribution is 0.714. The van der Waals surface area contributed by atoms with Crippen LogP contribution in [0.2, 0.25) is 0 Å². The van der Waals surface area contributed by atoms with E-state index in [2.05, 4.69) is 144 Å². The molecule has 0 saturated heterocycles. The van der Waals surface area contributed by atoms with Crippen molar-refractivity contribution in [2.45, 2.75) is 64.9 Å². The Morgan fingerprint density at radius 1 is 0.526 bits per heavy atom. The zero-order valence-electron chi connectivity index (χ0n) is 23.5. The molecule has 1 heterocycles. The average Bonchev–Trinajstić information content (AvgIpc) is 3.04. The molecule has 0 amide bonds. The summed E-state index contributed by atoms with van der Waals surface area (Å²) >= 11 is 0. The van der Waals surface area contributed by atoms with E-state index in [1.165, 1.54) is 54.8 Å². The van der Waals surface area contributed by atoms with Crippen LogP contribution in [0.15, 0.2) is 97.1 Å². The molecule has 192 valence electrons. The number of hydrogen-bond acceptors (Lipinski definition) is 1. The van der Waals surface area contributed by atoms with Crippen LogP contribution in [-0.4, -0.2) is 10.3 Å². The first-order chi connectivity index (χ1) is 18.1. The van der Waals surface area contributed by atoms with E-state index < -0.39 is 7.92 Å². The van der Waals surface area contributed by atoms with Crippen molar-refractivity contribution in [1.82, 2.24) is 0 Å². The van der Waals surface area contributed by atoms with Crippen LogP contribution in [0, 0.1) is 0 Å². The van der Waals surface area contributed by atoms with Gasteiger partial charge in [-0.2, -0.15) is 0 Å². The fraction of sp³-hybridized carbons (Fsp3) is 0.278. The minimum Gasteiger partial charge on any atom is -0.362 e. The highest BCUT2D eigenvalue weighted by Crippen LogP contribution is 2.59. The van der Waals surface area contributed by atoms with Crippen LogP contribution in [0.1, 0.15) is 52.7 Å². The lowest BCUT2D eigenvalue weighted by Crippen LogP contribution is -2.34. The van der Waals surface area contributed by atoms with Gasteiger partial charge in [0.1, 0.15) is 0 Å². The summed E-state index contributed by atoms with van der Waals surface area (Å²) < 4.78 is 0. The lowest BCUT2D eigenvalue weighted by atomic mass is 9.88. The minimum atomic E-state index is -0.425. The van der Waals surface area contributed by atoms with E-state index in [-0.39, 0.29) is 10.3 Å². The monoisotopic (exact) mass is 515 g/mol. The molecule has 38 heavy (non-hydrogen) atoms. The number of hydrogen-bond donors (Lipinski definition) is 0. The van der Waals surface area contributed by atoms with Crippen LogP contribution >= 0.6 is 7.92 Å². The van der Waals surface area contributed by atoms with Gasteiger partial charge in [0.05, 0.1) is 0 Å². The van der Waals surface area contributed by atoms with Crippen molar-refractivity contribution in [1.29, 1.82) is 0 Å². The SMILES string of the molecule is CC(C)(C)P(c1ccccc1N1Cc2ccc3ccccc3c2-c2c(ccc3ccccc23)C1)C(C)(C)C. The molecule has 0 fully saturated rings. The van der Waals surface area contributed by atoms with E-state index in [0.717, 1.165) is 13.1 Å². The van der Waals surface area contributed by atoms with Gasteiger partial charge in [0.15, 0.2) is 0 Å². The molecule has 1 aliphatic rings. The van der Waals surface area contributed by atoms with Gasteiger partial charge in [0.2, 0.25) is 0 Å². The molecule has 0 aliphatic carbocycles. The Bertz CT molecular complexity index is 1550. The largest absolute Gasteiger partial charge is 0.362 e. The van der Waals surface area contributed by atoms with Crippen LogP contribution in [0.5, 0.6) is 0 Å². The molecular formula is C36H38NP. The standard InChI is InChI=1S/C36H38NP/c1-35(2,3)38(36(4,5)6)32-18-12-11-17-31(32)37-23-27-21-19-25-13-7-9-15-29(25)33(27)34-28(24-37)22-20-26-14-8-10-16-30(26)34/h7-22H,23-24H2,1-6H3. The second-order valence-corrected chi connectivity index (χ2v) is 16.5. The molecule has 0 aromatic heterocycles. The molecule has 5 aromatic carbocycles. The summed E-state index contributed by atoms with van der Waals surface area (Å²) in [5.41, 5.74) is 7.02. The third kappa shape index (κ3) is 4.32. The van der Waals surface area contributed by atoms with Gasteiger partial charge in [-0.15, -0.1) is 0 Å². The Hall–Kier alpha value is -3.15. The molecular weight excluding hydrogens is 477 g/mol. The molecule has 0 bridgehead atoms. The van der Waals surface area contributed by atoms with Crippen LogP contribution in [0.25, 0.3) is 32.7 Å². The van der Waals surface area contributed by atoms with Crippen LogP contribution in [0.4, 0.5) is 5.69 Å². The van der Waals surface area contributed by atoms with Crippen molar-refractivity contribution in [3.8, 4) is 11.1 Å². The first-order valence-electron chi connectivity index (χ1n) is 13.8. The Morgan fingerprint density at radius 3 is 1.47 bits per heavy atom. The predicted molar refractivity (Wildman–Crippen MR) is 169 cm³/mol. The van der Waals surface area contributed by atoms with Crippen LogP contribution in [-0.2, 0) is 13.1 Å². The summed E-state index contributed by atoms with van der Waals surface area (Å²) in [6, 6.07) is 36.4. The molecule has 5 aromatic rings. The van der Waals surface area contributed by atoms with Gasteiger partial charge in [-0.25, -0.2) is 0 Å². The first-order valence-corrected chi connectivity index (χ1v) is 15.1. The summed E-state index contributed by atoms with van der Waals surface area (Å²) in [5, 5.41) is 7.25. The number of para-hydroxylation sites is 1. The number of benzene rings is 5. The molecule has 1 aliphatic heterocycles. The normalized spacial score (nSPS) is 14.0. The summed E-state index contributed by atoms with van der Waals surface area (Å²) in [6.07, 6.45) is 0. The smallest absolute Gasteiger partial charge is 0.0450 e. The van der Waals surface area contributed by atoms with Crippen molar-refractivity contribution >= 4 is 40.5 Å². The molecule has 6 rings (SSSR count). The fourth-order valence-electron chi connectivity index (χ4n) is 6.77. The maximum absolute atomic E-state index is 2.65. The van der Waals surface area contributed by atoms with E-state index in [4.69, 9.17) is 0 Å². The zero-order chi connectivity index (χ0) is 26.7. The molecule has 0 unspecified atom stereocenters. The Kier molecular flexibility index (Phi) is 6.12. The molecule has 0 spiro atoms. The van der Waals surface area contributed by atoms with Gasteiger partial charge in [-0.1, -0.05) is 140 Å². The summed E-state index contributed by atoms with van der Waals surface area (Å²) in [4.78, 5) is 2.65. The number of fused-ring (bicyclic) bond motifs is 7. The van der Waals surface area contributed by atoms with Gasteiger partial charge >= 0.3 is 0 Å². The van der Waals surface area contributed by atoms with Crippen molar-refractivity contribution in [2.24, 2.45) is 0 Å². The quantitative estimate of drug-likeness (QED) is 0.211.